The third-order valence-corrected chi connectivity index (χ3v) is 3.00. The molecule has 0 spiro atoms. The van der Waals surface area contributed by atoms with Crippen molar-refractivity contribution in [2.75, 3.05) is 6.54 Å². The van der Waals surface area contributed by atoms with E-state index in [2.05, 4.69) is 17.2 Å². The van der Waals surface area contributed by atoms with Gasteiger partial charge in [-0.1, -0.05) is 13.0 Å². The maximum Gasteiger partial charge on any atom is 0.354 e. The first-order valence-corrected chi connectivity index (χ1v) is 5.56. The van der Waals surface area contributed by atoms with Gasteiger partial charge in [-0.3, -0.25) is 4.79 Å². The highest BCUT2D eigenvalue weighted by Gasteiger charge is 2.32. The van der Waals surface area contributed by atoms with Crippen LogP contribution in [0.1, 0.15) is 34.3 Å². The Bertz CT molecular complexity index is 459. The smallest absolute Gasteiger partial charge is 0.354 e. The molecule has 1 aliphatic carbocycles. The molecule has 2 N–H and O–H groups in total. The molecule has 2 unspecified atom stereocenters. The summed E-state index contributed by atoms with van der Waals surface area (Å²) in [5.74, 6) is -0.210. The number of carboxylic acid groups (broad SMARTS) is 1. The SMILES string of the molecule is CC1CC1CNC(=O)c1cccc(C(=O)O)n1. The van der Waals surface area contributed by atoms with Crippen LogP contribution >= 0.6 is 0 Å². The third kappa shape index (κ3) is 2.81. The fourth-order valence-corrected chi connectivity index (χ4v) is 1.68. The molecule has 0 bridgehead atoms. The topological polar surface area (TPSA) is 79.3 Å². The second kappa shape index (κ2) is 4.53. The van der Waals surface area contributed by atoms with Crippen LogP contribution < -0.4 is 5.32 Å². The number of aromatic nitrogens is 1. The highest BCUT2D eigenvalue weighted by molar-refractivity contribution is 5.94. The summed E-state index contributed by atoms with van der Waals surface area (Å²) in [6.45, 7) is 2.78. The fourth-order valence-electron chi connectivity index (χ4n) is 1.68. The summed E-state index contributed by atoms with van der Waals surface area (Å²) < 4.78 is 0. The van der Waals surface area contributed by atoms with Gasteiger partial charge in [-0.25, -0.2) is 9.78 Å². The lowest BCUT2D eigenvalue weighted by Crippen LogP contribution is -2.27. The Morgan fingerprint density at radius 3 is 2.71 bits per heavy atom. The molecule has 2 atom stereocenters. The standard InChI is InChI=1S/C12H14N2O3/c1-7-5-8(7)6-13-11(15)9-3-2-4-10(14-9)12(16)17/h2-4,7-8H,5-6H2,1H3,(H,13,15)(H,16,17). The number of hydrogen-bond acceptors (Lipinski definition) is 3. The van der Waals surface area contributed by atoms with E-state index in [0.717, 1.165) is 6.42 Å². The predicted octanol–water partition coefficient (Wildman–Crippen LogP) is 1.17. The predicted molar refractivity (Wildman–Crippen MR) is 60.8 cm³/mol. The Balaban J connectivity index is 1.98. The number of carbonyl (C=O) groups excluding carboxylic acids is 1. The van der Waals surface area contributed by atoms with Crippen molar-refractivity contribution in [3.8, 4) is 0 Å². The molecule has 0 saturated heterocycles. The van der Waals surface area contributed by atoms with E-state index in [0.29, 0.717) is 18.4 Å². The number of amides is 1. The van der Waals surface area contributed by atoms with Crippen LogP contribution in [0.15, 0.2) is 18.2 Å². The molecule has 1 aliphatic rings. The van der Waals surface area contributed by atoms with Crippen molar-refractivity contribution in [2.45, 2.75) is 13.3 Å². The molecule has 0 radical (unpaired) electrons. The van der Waals surface area contributed by atoms with Crippen LogP contribution in [0.5, 0.6) is 0 Å². The molecule has 1 saturated carbocycles. The summed E-state index contributed by atoms with van der Waals surface area (Å²) in [7, 11) is 0. The van der Waals surface area contributed by atoms with Gasteiger partial charge < -0.3 is 10.4 Å². The molecule has 1 aromatic rings. The van der Waals surface area contributed by atoms with E-state index >= 15 is 0 Å². The largest absolute Gasteiger partial charge is 0.477 e. The first-order chi connectivity index (χ1) is 8.08. The molecule has 1 heterocycles. The second-order valence-corrected chi connectivity index (χ2v) is 4.40. The minimum Gasteiger partial charge on any atom is -0.477 e. The summed E-state index contributed by atoms with van der Waals surface area (Å²) >= 11 is 0. The number of carboxylic acids is 1. The summed E-state index contributed by atoms with van der Waals surface area (Å²) in [5, 5.41) is 11.5. The van der Waals surface area contributed by atoms with Crippen LogP contribution in [-0.4, -0.2) is 28.5 Å². The van der Waals surface area contributed by atoms with Crippen LogP contribution in [0, 0.1) is 11.8 Å². The van der Waals surface area contributed by atoms with Crippen LogP contribution in [0.4, 0.5) is 0 Å². The number of nitrogens with zero attached hydrogens (tertiary/aromatic N) is 1. The lowest BCUT2D eigenvalue weighted by Gasteiger charge is -2.04. The molecule has 1 aromatic heterocycles. The minimum atomic E-state index is -1.13. The Morgan fingerprint density at radius 2 is 2.12 bits per heavy atom. The van der Waals surface area contributed by atoms with Gasteiger partial charge in [0.1, 0.15) is 11.4 Å². The molecular weight excluding hydrogens is 220 g/mol. The Morgan fingerprint density at radius 1 is 1.47 bits per heavy atom. The first kappa shape index (κ1) is 11.6. The van der Waals surface area contributed by atoms with Crippen molar-refractivity contribution >= 4 is 11.9 Å². The lowest BCUT2D eigenvalue weighted by molar-refractivity contribution is 0.0690. The molecule has 5 nitrogen and oxygen atoms in total. The Hall–Kier alpha value is -1.91. The first-order valence-electron chi connectivity index (χ1n) is 5.56. The minimum absolute atomic E-state index is 0.113. The molecule has 1 amide bonds. The highest BCUT2D eigenvalue weighted by atomic mass is 16.4. The fraction of sp³-hybridized carbons (Fsp3) is 0.417. The van der Waals surface area contributed by atoms with E-state index in [-0.39, 0.29) is 17.3 Å². The molecule has 1 fully saturated rings. The monoisotopic (exact) mass is 234 g/mol. The van der Waals surface area contributed by atoms with Crippen molar-refractivity contribution in [2.24, 2.45) is 11.8 Å². The molecule has 0 aromatic carbocycles. The van der Waals surface area contributed by atoms with E-state index in [4.69, 9.17) is 5.11 Å². The van der Waals surface area contributed by atoms with Crippen LogP contribution in [-0.2, 0) is 0 Å². The van der Waals surface area contributed by atoms with Gasteiger partial charge in [0, 0.05) is 6.54 Å². The second-order valence-electron chi connectivity index (χ2n) is 4.40. The number of rotatable bonds is 4. The quantitative estimate of drug-likeness (QED) is 0.819. The number of hydrogen-bond donors (Lipinski definition) is 2. The number of pyridine rings is 1. The molecular formula is C12H14N2O3. The van der Waals surface area contributed by atoms with Gasteiger partial charge in [0.2, 0.25) is 0 Å². The zero-order valence-electron chi connectivity index (χ0n) is 9.51. The normalized spacial score (nSPS) is 21.9. The zero-order valence-corrected chi connectivity index (χ0v) is 9.51. The average molecular weight is 234 g/mol. The van der Waals surface area contributed by atoms with Crippen molar-refractivity contribution in [3.05, 3.63) is 29.6 Å². The third-order valence-electron chi connectivity index (χ3n) is 3.00. The van der Waals surface area contributed by atoms with Crippen molar-refractivity contribution in [1.82, 2.24) is 10.3 Å². The number of aromatic carboxylic acids is 1. The number of carbonyl (C=O) groups is 2. The van der Waals surface area contributed by atoms with E-state index < -0.39 is 5.97 Å². The van der Waals surface area contributed by atoms with Gasteiger partial charge >= 0.3 is 5.97 Å². The zero-order chi connectivity index (χ0) is 12.4. The van der Waals surface area contributed by atoms with Gasteiger partial charge in [0.25, 0.3) is 5.91 Å². The molecule has 5 heteroatoms. The van der Waals surface area contributed by atoms with Crippen molar-refractivity contribution < 1.29 is 14.7 Å². The van der Waals surface area contributed by atoms with Crippen molar-refractivity contribution in [1.29, 1.82) is 0 Å². The van der Waals surface area contributed by atoms with Gasteiger partial charge in [0.15, 0.2) is 0 Å². The summed E-state index contributed by atoms with van der Waals surface area (Å²) in [6.07, 6.45) is 1.14. The van der Waals surface area contributed by atoms with Gasteiger partial charge in [0.05, 0.1) is 0 Å². The van der Waals surface area contributed by atoms with E-state index in [1.54, 1.807) is 0 Å². The Kier molecular flexibility index (Phi) is 3.08. The maximum absolute atomic E-state index is 11.7. The van der Waals surface area contributed by atoms with E-state index in [1.807, 2.05) is 0 Å². The van der Waals surface area contributed by atoms with E-state index in [1.165, 1.54) is 18.2 Å². The molecule has 0 aliphatic heterocycles. The van der Waals surface area contributed by atoms with Crippen LogP contribution in [0.2, 0.25) is 0 Å². The van der Waals surface area contributed by atoms with Gasteiger partial charge in [-0.15, -0.1) is 0 Å². The molecule has 2 rings (SSSR count). The summed E-state index contributed by atoms with van der Waals surface area (Å²) in [6, 6.07) is 4.39. The molecule has 90 valence electrons. The summed E-state index contributed by atoms with van der Waals surface area (Å²) in [5.41, 5.74) is 0.0376. The van der Waals surface area contributed by atoms with Gasteiger partial charge in [-0.2, -0.15) is 0 Å². The summed E-state index contributed by atoms with van der Waals surface area (Å²) in [4.78, 5) is 26.2. The van der Waals surface area contributed by atoms with E-state index in [9.17, 15) is 9.59 Å². The van der Waals surface area contributed by atoms with Gasteiger partial charge in [-0.05, 0) is 30.4 Å². The average Bonchev–Trinajstić information content (AvgIpc) is 3.02. The lowest BCUT2D eigenvalue weighted by atomic mass is 10.2. The number of nitrogens with one attached hydrogen (secondary N) is 1. The van der Waals surface area contributed by atoms with Crippen LogP contribution in [0.25, 0.3) is 0 Å². The molecule has 17 heavy (non-hydrogen) atoms. The van der Waals surface area contributed by atoms with Crippen molar-refractivity contribution in [3.63, 3.8) is 0 Å². The maximum atomic E-state index is 11.7. The van der Waals surface area contributed by atoms with Crippen LogP contribution in [0.3, 0.4) is 0 Å². The highest BCUT2D eigenvalue weighted by Crippen LogP contribution is 2.36. The Labute approximate surface area is 98.9 Å².